The van der Waals surface area contributed by atoms with E-state index in [1.807, 2.05) is 29.1 Å². The molecule has 0 bridgehead atoms. The summed E-state index contributed by atoms with van der Waals surface area (Å²) in [5, 5.41) is 13.6. The van der Waals surface area contributed by atoms with Gasteiger partial charge >= 0.3 is 0 Å². The first-order valence-electron chi connectivity index (χ1n) is 11.4. The van der Waals surface area contributed by atoms with Gasteiger partial charge in [0.05, 0.1) is 5.92 Å². The van der Waals surface area contributed by atoms with Crippen molar-refractivity contribution in [3.05, 3.63) is 54.4 Å². The van der Waals surface area contributed by atoms with Gasteiger partial charge in [0.25, 0.3) is 0 Å². The maximum atomic E-state index is 12.8. The molecular weight excluding hydrogens is 420 g/mol. The average molecular weight is 453 g/mol. The molecule has 0 radical (unpaired) electrons. The molecule has 1 fully saturated rings. The van der Waals surface area contributed by atoms with E-state index >= 15 is 0 Å². The fourth-order valence-electron chi connectivity index (χ4n) is 4.19. The Morgan fingerprint density at radius 2 is 2.03 bits per heavy atom. The summed E-state index contributed by atoms with van der Waals surface area (Å²) >= 11 is 1.57. The molecule has 1 atom stereocenters. The Morgan fingerprint density at radius 1 is 1.22 bits per heavy atom. The number of aryl methyl sites for hydroxylation is 1. The minimum atomic E-state index is 0.00160. The number of hydrogen-bond donors (Lipinski definition) is 1. The first-order valence-corrected chi connectivity index (χ1v) is 12.3. The summed E-state index contributed by atoms with van der Waals surface area (Å²) < 4.78 is 1.96. The lowest BCUT2D eigenvalue weighted by atomic mass is 9.97. The van der Waals surface area contributed by atoms with Crippen LogP contribution >= 0.6 is 11.3 Å². The van der Waals surface area contributed by atoms with Crippen LogP contribution in [0.25, 0.3) is 5.13 Å². The molecule has 3 heterocycles. The van der Waals surface area contributed by atoms with E-state index in [1.54, 1.807) is 11.3 Å². The zero-order valence-corrected chi connectivity index (χ0v) is 19.7. The van der Waals surface area contributed by atoms with Crippen molar-refractivity contribution in [2.24, 2.45) is 5.92 Å². The second kappa shape index (κ2) is 10.6. The number of nitrogens with zero attached hydrogens (tertiary/aromatic N) is 5. The van der Waals surface area contributed by atoms with Gasteiger partial charge in [-0.1, -0.05) is 23.5 Å². The maximum Gasteiger partial charge on any atom is 0.224 e. The third-order valence-corrected chi connectivity index (χ3v) is 6.94. The number of carbonyl (C=O) groups excluding carboxylic acids is 1. The molecule has 7 nitrogen and oxygen atoms in total. The van der Waals surface area contributed by atoms with Crippen molar-refractivity contribution in [3.8, 4) is 5.13 Å². The van der Waals surface area contributed by atoms with Gasteiger partial charge in [-0.2, -0.15) is 0 Å². The Balaban J connectivity index is 1.25. The maximum absolute atomic E-state index is 12.8. The van der Waals surface area contributed by atoms with Crippen LogP contribution in [0.4, 0.5) is 10.8 Å². The standard InChI is InChI=1S/C24H32N6OS/c1-3-28(21-11-6-9-19(2)17-21)16-8-12-25-22(31)20-10-7-15-30(18-20)24-27-26-23(32-24)29-13-4-5-14-29/h4-6,9,11,13-14,17,20H,3,7-8,10,12,15-16,18H2,1-2H3,(H,25,31)/t20-/m0/s1. The van der Waals surface area contributed by atoms with Gasteiger partial charge in [0.2, 0.25) is 16.2 Å². The number of benzene rings is 1. The summed E-state index contributed by atoms with van der Waals surface area (Å²) in [5.74, 6) is 0.158. The average Bonchev–Trinajstić information content (AvgIpc) is 3.51. The summed E-state index contributed by atoms with van der Waals surface area (Å²) in [6, 6.07) is 12.5. The van der Waals surface area contributed by atoms with Crippen LogP contribution in [0.3, 0.4) is 0 Å². The Kier molecular flexibility index (Phi) is 7.42. The van der Waals surface area contributed by atoms with Gasteiger partial charge in [-0.05, 0) is 62.9 Å². The number of aromatic nitrogens is 3. The Morgan fingerprint density at radius 3 is 2.81 bits per heavy atom. The van der Waals surface area contributed by atoms with E-state index in [0.717, 1.165) is 49.2 Å². The minimum absolute atomic E-state index is 0.00160. The molecule has 1 N–H and O–H groups in total. The Labute approximate surface area is 194 Å². The van der Waals surface area contributed by atoms with Crippen LogP contribution in [0, 0.1) is 12.8 Å². The van der Waals surface area contributed by atoms with Gasteiger partial charge in [-0.25, -0.2) is 0 Å². The molecular formula is C24H32N6OS. The number of nitrogens with one attached hydrogen (secondary N) is 1. The number of piperidine rings is 1. The van der Waals surface area contributed by atoms with E-state index in [2.05, 4.69) is 63.4 Å². The predicted molar refractivity (Wildman–Crippen MR) is 131 cm³/mol. The third kappa shape index (κ3) is 5.48. The molecule has 2 aromatic heterocycles. The molecule has 8 heteroatoms. The monoisotopic (exact) mass is 452 g/mol. The molecule has 3 aromatic rings. The number of anilines is 2. The second-order valence-electron chi connectivity index (χ2n) is 8.31. The van der Waals surface area contributed by atoms with Crippen molar-refractivity contribution >= 4 is 28.1 Å². The van der Waals surface area contributed by atoms with E-state index in [1.165, 1.54) is 11.3 Å². The highest BCUT2D eigenvalue weighted by atomic mass is 32.1. The van der Waals surface area contributed by atoms with Crippen molar-refractivity contribution in [2.45, 2.75) is 33.1 Å². The van der Waals surface area contributed by atoms with Crippen molar-refractivity contribution in [3.63, 3.8) is 0 Å². The molecule has 1 aromatic carbocycles. The van der Waals surface area contributed by atoms with Crippen LogP contribution < -0.4 is 15.1 Å². The number of hydrogen-bond acceptors (Lipinski definition) is 6. The van der Waals surface area contributed by atoms with Crippen LogP contribution in [-0.2, 0) is 4.79 Å². The smallest absolute Gasteiger partial charge is 0.224 e. The molecule has 32 heavy (non-hydrogen) atoms. The summed E-state index contributed by atoms with van der Waals surface area (Å²) in [6.07, 6.45) is 6.79. The van der Waals surface area contributed by atoms with Gasteiger partial charge in [0.15, 0.2) is 0 Å². The summed E-state index contributed by atoms with van der Waals surface area (Å²) in [4.78, 5) is 17.4. The van der Waals surface area contributed by atoms with E-state index in [4.69, 9.17) is 0 Å². The van der Waals surface area contributed by atoms with Gasteiger partial charge in [-0.15, -0.1) is 10.2 Å². The third-order valence-electron chi connectivity index (χ3n) is 5.94. The fraction of sp³-hybridized carbons (Fsp3) is 0.458. The normalized spacial score (nSPS) is 16.2. The molecule has 1 aliphatic rings. The Hall–Kier alpha value is -2.87. The molecule has 0 unspecified atom stereocenters. The van der Waals surface area contributed by atoms with Crippen LogP contribution in [0.1, 0.15) is 31.7 Å². The highest BCUT2D eigenvalue weighted by molar-refractivity contribution is 7.17. The summed E-state index contributed by atoms with van der Waals surface area (Å²) in [6.45, 7) is 8.52. The molecule has 1 amide bonds. The number of carbonyl (C=O) groups is 1. The van der Waals surface area contributed by atoms with Gasteiger partial charge < -0.3 is 15.1 Å². The quantitative estimate of drug-likeness (QED) is 0.499. The topological polar surface area (TPSA) is 66.3 Å². The minimum Gasteiger partial charge on any atom is -0.372 e. The fourth-order valence-corrected chi connectivity index (χ4v) is 5.04. The van der Waals surface area contributed by atoms with E-state index in [-0.39, 0.29) is 11.8 Å². The zero-order chi connectivity index (χ0) is 22.3. The lowest BCUT2D eigenvalue weighted by Crippen LogP contribution is -2.43. The molecule has 0 saturated carbocycles. The number of amides is 1. The van der Waals surface area contributed by atoms with Crippen LogP contribution in [-0.4, -0.2) is 53.4 Å². The number of rotatable bonds is 9. The molecule has 1 saturated heterocycles. The zero-order valence-electron chi connectivity index (χ0n) is 18.9. The second-order valence-corrected chi connectivity index (χ2v) is 9.24. The van der Waals surface area contributed by atoms with Crippen molar-refractivity contribution in [2.75, 3.05) is 42.5 Å². The molecule has 0 spiro atoms. The highest BCUT2D eigenvalue weighted by Gasteiger charge is 2.27. The predicted octanol–water partition coefficient (Wildman–Crippen LogP) is 3.89. The van der Waals surface area contributed by atoms with Crippen LogP contribution in [0.5, 0.6) is 0 Å². The van der Waals surface area contributed by atoms with E-state index in [9.17, 15) is 4.79 Å². The molecule has 0 aliphatic carbocycles. The van der Waals surface area contributed by atoms with Gasteiger partial charge in [-0.3, -0.25) is 9.36 Å². The van der Waals surface area contributed by atoms with Crippen LogP contribution in [0.15, 0.2) is 48.8 Å². The molecule has 1 aliphatic heterocycles. The Bertz CT molecular complexity index is 1000. The first-order chi connectivity index (χ1) is 15.6. The van der Waals surface area contributed by atoms with Crippen molar-refractivity contribution in [1.29, 1.82) is 0 Å². The molecule has 4 rings (SSSR count). The lowest BCUT2D eigenvalue weighted by molar-refractivity contribution is -0.125. The highest BCUT2D eigenvalue weighted by Crippen LogP contribution is 2.28. The SMILES string of the molecule is CCN(CCCNC(=O)[C@H]1CCCN(c2nnc(-n3cccc3)s2)C1)c1cccc(C)c1. The van der Waals surface area contributed by atoms with Crippen LogP contribution in [0.2, 0.25) is 0 Å². The largest absolute Gasteiger partial charge is 0.372 e. The van der Waals surface area contributed by atoms with Gasteiger partial charge in [0.1, 0.15) is 0 Å². The van der Waals surface area contributed by atoms with Crippen molar-refractivity contribution < 1.29 is 4.79 Å². The summed E-state index contributed by atoms with van der Waals surface area (Å²) in [5.41, 5.74) is 2.52. The van der Waals surface area contributed by atoms with Gasteiger partial charge in [0, 0.05) is 50.8 Å². The van der Waals surface area contributed by atoms with Crippen molar-refractivity contribution in [1.82, 2.24) is 20.1 Å². The van der Waals surface area contributed by atoms with E-state index < -0.39 is 0 Å². The summed E-state index contributed by atoms with van der Waals surface area (Å²) in [7, 11) is 0. The molecule has 170 valence electrons. The van der Waals surface area contributed by atoms with E-state index in [0.29, 0.717) is 13.1 Å². The first kappa shape index (κ1) is 22.3. The lowest BCUT2D eigenvalue weighted by Gasteiger charge is -2.31.